The number of carboxylic acids is 1. The van der Waals surface area contributed by atoms with E-state index in [1.165, 1.54) is 25.0 Å². The Morgan fingerprint density at radius 1 is 1.31 bits per heavy atom. The van der Waals surface area contributed by atoms with Crippen molar-refractivity contribution in [3.05, 3.63) is 35.6 Å². The summed E-state index contributed by atoms with van der Waals surface area (Å²) in [6, 6.07) is 6.40. The number of hydrogen-bond donors (Lipinski definition) is 2. The van der Waals surface area contributed by atoms with E-state index in [-0.39, 0.29) is 30.4 Å². The topological polar surface area (TPSA) is 69.6 Å². The highest BCUT2D eigenvalue weighted by molar-refractivity contribution is 5.87. The fraction of sp³-hybridized carbons (Fsp3) is 0.600. The average Bonchev–Trinajstić information content (AvgIpc) is 3.33. The summed E-state index contributed by atoms with van der Waals surface area (Å²) in [5, 5.41) is 12.2. The predicted octanol–water partition coefficient (Wildman–Crippen LogP) is 2.55. The minimum absolute atomic E-state index is 0.0517. The number of carbonyl (C=O) groups is 2. The minimum atomic E-state index is -0.818. The van der Waals surface area contributed by atoms with Gasteiger partial charge in [0.25, 0.3) is 0 Å². The summed E-state index contributed by atoms with van der Waals surface area (Å²) in [7, 11) is 0. The molecule has 3 rings (SSSR count). The second-order valence-corrected chi connectivity index (χ2v) is 8.20. The summed E-state index contributed by atoms with van der Waals surface area (Å²) >= 11 is 0. The fourth-order valence-electron chi connectivity index (χ4n) is 3.53. The first kappa shape index (κ1) is 18.8. The molecule has 0 spiro atoms. The average molecular weight is 362 g/mol. The van der Waals surface area contributed by atoms with Crippen molar-refractivity contribution in [1.29, 1.82) is 0 Å². The van der Waals surface area contributed by atoms with Crippen LogP contribution in [0.3, 0.4) is 0 Å². The van der Waals surface area contributed by atoms with Gasteiger partial charge in [-0.05, 0) is 63.1 Å². The van der Waals surface area contributed by atoms with Crippen molar-refractivity contribution < 1.29 is 19.1 Å². The summed E-state index contributed by atoms with van der Waals surface area (Å²) in [5.41, 5.74) is -0.172. The molecule has 0 atom stereocenters. The molecular formula is C20H27FN2O3. The van der Waals surface area contributed by atoms with Crippen molar-refractivity contribution in [1.82, 2.24) is 10.2 Å². The van der Waals surface area contributed by atoms with E-state index in [1.807, 2.05) is 4.90 Å². The highest BCUT2D eigenvalue weighted by Gasteiger charge is 2.40. The van der Waals surface area contributed by atoms with Gasteiger partial charge in [0.05, 0.1) is 12.0 Å². The van der Waals surface area contributed by atoms with E-state index in [9.17, 15) is 14.0 Å². The van der Waals surface area contributed by atoms with E-state index in [2.05, 4.69) is 5.32 Å². The third-order valence-electron chi connectivity index (χ3n) is 5.61. The Hall–Kier alpha value is -1.95. The van der Waals surface area contributed by atoms with Crippen molar-refractivity contribution in [3.8, 4) is 0 Å². The minimum Gasteiger partial charge on any atom is -0.480 e. The monoisotopic (exact) mass is 362 g/mol. The molecule has 0 heterocycles. The Bertz CT molecular complexity index is 681. The molecule has 0 unspecified atom stereocenters. The Kier molecular flexibility index (Phi) is 5.32. The van der Waals surface area contributed by atoms with Gasteiger partial charge in [-0.1, -0.05) is 12.1 Å². The van der Waals surface area contributed by atoms with E-state index in [0.29, 0.717) is 11.5 Å². The second kappa shape index (κ2) is 7.35. The van der Waals surface area contributed by atoms with E-state index in [1.54, 1.807) is 26.0 Å². The Morgan fingerprint density at radius 3 is 2.58 bits per heavy atom. The highest BCUT2D eigenvalue weighted by Crippen LogP contribution is 2.34. The van der Waals surface area contributed by atoms with Crippen molar-refractivity contribution in [3.63, 3.8) is 0 Å². The SMILES string of the molecule is CC(C)(C(=O)NC1CC(N(CC(=O)O)CC2CC2)C1)c1cccc(F)c1. The maximum atomic E-state index is 13.5. The number of benzene rings is 1. The van der Waals surface area contributed by atoms with Gasteiger partial charge < -0.3 is 10.4 Å². The molecule has 0 bridgehead atoms. The van der Waals surface area contributed by atoms with Gasteiger partial charge in [-0.2, -0.15) is 0 Å². The van der Waals surface area contributed by atoms with E-state index in [0.717, 1.165) is 19.4 Å². The van der Waals surface area contributed by atoms with Crippen molar-refractivity contribution in [2.24, 2.45) is 5.92 Å². The Balaban J connectivity index is 1.53. The van der Waals surface area contributed by atoms with Gasteiger partial charge in [0, 0.05) is 18.6 Å². The van der Waals surface area contributed by atoms with E-state index < -0.39 is 11.4 Å². The molecule has 0 saturated heterocycles. The molecular weight excluding hydrogens is 335 g/mol. The highest BCUT2D eigenvalue weighted by atomic mass is 19.1. The standard InChI is InChI=1S/C20H27FN2O3/c1-20(2,14-4-3-5-15(21)8-14)19(26)22-16-9-17(10-16)23(12-18(24)25)11-13-6-7-13/h3-5,8,13,16-17H,6-7,9-12H2,1-2H3,(H,22,26)(H,24,25). The summed E-state index contributed by atoms with van der Waals surface area (Å²) in [6.45, 7) is 4.48. The van der Waals surface area contributed by atoms with Crippen LogP contribution in [-0.2, 0) is 15.0 Å². The van der Waals surface area contributed by atoms with Crippen molar-refractivity contribution in [2.45, 2.75) is 57.0 Å². The van der Waals surface area contributed by atoms with Crippen LogP contribution in [0.5, 0.6) is 0 Å². The third kappa shape index (κ3) is 4.41. The lowest BCUT2D eigenvalue weighted by molar-refractivity contribution is -0.140. The van der Waals surface area contributed by atoms with Gasteiger partial charge in [-0.15, -0.1) is 0 Å². The summed E-state index contributed by atoms with van der Waals surface area (Å²) < 4.78 is 13.5. The number of nitrogens with zero attached hydrogens (tertiary/aromatic N) is 1. The van der Waals surface area contributed by atoms with Gasteiger partial charge in [0.15, 0.2) is 0 Å². The fourth-order valence-corrected chi connectivity index (χ4v) is 3.53. The Labute approximate surface area is 153 Å². The van der Waals surface area contributed by atoms with Gasteiger partial charge in [-0.3, -0.25) is 14.5 Å². The van der Waals surface area contributed by atoms with E-state index in [4.69, 9.17) is 5.11 Å². The van der Waals surface area contributed by atoms with Gasteiger partial charge >= 0.3 is 5.97 Å². The Morgan fingerprint density at radius 2 is 2.00 bits per heavy atom. The molecule has 1 aromatic carbocycles. The van der Waals surface area contributed by atoms with E-state index >= 15 is 0 Å². The zero-order valence-corrected chi connectivity index (χ0v) is 15.4. The maximum absolute atomic E-state index is 13.5. The summed E-state index contributed by atoms with van der Waals surface area (Å²) in [6.07, 6.45) is 3.91. The molecule has 0 aliphatic heterocycles. The van der Waals surface area contributed by atoms with Crippen LogP contribution in [0.4, 0.5) is 4.39 Å². The molecule has 0 radical (unpaired) electrons. The maximum Gasteiger partial charge on any atom is 0.317 e. The first-order valence-corrected chi connectivity index (χ1v) is 9.28. The number of nitrogens with one attached hydrogen (secondary N) is 1. The molecule has 6 heteroatoms. The quantitative estimate of drug-likeness (QED) is 0.746. The van der Waals surface area contributed by atoms with Gasteiger partial charge in [0.2, 0.25) is 5.91 Å². The molecule has 5 nitrogen and oxygen atoms in total. The number of carboxylic acid groups (broad SMARTS) is 1. The largest absolute Gasteiger partial charge is 0.480 e. The first-order chi connectivity index (χ1) is 12.3. The number of halogens is 1. The van der Waals surface area contributed by atoms with Crippen LogP contribution < -0.4 is 5.32 Å². The number of hydrogen-bond acceptors (Lipinski definition) is 3. The van der Waals surface area contributed by atoms with Crippen LogP contribution in [0.25, 0.3) is 0 Å². The smallest absolute Gasteiger partial charge is 0.317 e. The molecule has 142 valence electrons. The van der Waals surface area contributed by atoms with Gasteiger partial charge in [-0.25, -0.2) is 4.39 Å². The van der Waals surface area contributed by atoms with Gasteiger partial charge in [0.1, 0.15) is 5.82 Å². The normalized spacial score (nSPS) is 22.8. The van der Waals surface area contributed by atoms with Crippen LogP contribution in [0.15, 0.2) is 24.3 Å². The number of aliphatic carboxylic acids is 1. The summed E-state index contributed by atoms with van der Waals surface area (Å²) in [5.74, 6) is -0.643. The van der Waals surface area contributed by atoms with Crippen LogP contribution in [0.2, 0.25) is 0 Å². The number of amides is 1. The first-order valence-electron chi connectivity index (χ1n) is 9.28. The molecule has 26 heavy (non-hydrogen) atoms. The lowest BCUT2D eigenvalue weighted by Gasteiger charge is -2.43. The molecule has 1 aromatic rings. The predicted molar refractivity (Wildman–Crippen MR) is 96.3 cm³/mol. The lowest BCUT2D eigenvalue weighted by atomic mass is 9.80. The summed E-state index contributed by atoms with van der Waals surface area (Å²) in [4.78, 5) is 25.8. The van der Waals surface area contributed by atoms with Crippen LogP contribution >= 0.6 is 0 Å². The third-order valence-corrected chi connectivity index (χ3v) is 5.61. The number of carbonyl (C=O) groups excluding carboxylic acids is 1. The van der Waals surface area contributed by atoms with Crippen LogP contribution in [0.1, 0.15) is 45.1 Å². The molecule has 2 aliphatic rings. The molecule has 2 fully saturated rings. The van der Waals surface area contributed by atoms with Crippen molar-refractivity contribution in [2.75, 3.05) is 13.1 Å². The second-order valence-electron chi connectivity index (χ2n) is 8.20. The molecule has 2 N–H and O–H groups in total. The lowest BCUT2D eigenvalue weighted by Crippen LogP contribution is -2.57. The van der Waals surface area contributed by atoms with Crippen LogP contribution in [0, 0.1) is 11.7 Å². The molecule has 1 amide bonds. The number of rotatable bonds is 8. The zero-order valence-electron chi connectivity index (χ0n) is 15.4. The molecule has 2 aliphatic carbocycles. The molecule has 0 aromatic heterocycles. The van der Waals surface area contributed by atoms with Crippen molar-refractivity contribution >= 4 is 11.9 Å². The molecule has 2 saturated carbocycles. The van der Waals surface area contributed by atoms with Crippen LogP contribution in [-0.4, -0.2) is 47.1 Å². The zero-order chi connectivity index (χ0) is 18.9.